The summed E-state index contributed by atoms with van der Waals surface area (Å²) >= 11 is 0. The Kier molecular flexibility index (Phi) is 5.14. The van der Waals surface area contributed by atoms with Crippen LogP contribution < -0.4 is 0 Å². The van der Waals surface area contributed by atoms with Crippen molar-refractivity contribution in [3.8, 4) is 23.7 Å². The van der Waals surface area contributed by atoms with Crippen molar-refractivity contribution in [2.75, 3.05) is 0 Å². The molecule has 0 atom stereocenters. The summed E-state index contributed by atoms with van der Waals surface area (Å²) in [5.74, 6) is 1.97. The van der Waals surface area contributed by atoms with Crippen LogP contribution in [-0.4, -0.2) is 28.4 Å². The summed E-state index contributed by atoms with van der Waals surface area (Å²) in [6, 6.07) is 10.9. The van der Waals surface area contributed by atoms with Crippen molar-refractivity contribution in [1.82, 2.24) is 14.2 Å². The van der Waals surface area contributed by atoms with Crippen LogP contribution in [0.25, 0.3) is 11.4 Å². The number of aromatic nitrogens is 3. The Labute approximate surface area is 155 Å². The van der Waals surface area contributed by atoms with Crippen LogP contribution in [-0.2, 0) is 10.0 Å². The molecule has 2 aromatic carbocycles. The molecule has 1 aromatic heterocycles. The second-order valence-electron chi connectivity index (χ2n) is 5.60. The molecule has 3 rings (SSSR count). The number of rotatable bonds is 6. The number of carbonyl (C=O) groups is 1. The second kappa shape index (κ2) is 7.51. The average molecular weight is 383 g/mol. The Morgan fingerprint density at radius 2 is 1.78 bits per heavy atom. The van der Waals surface area contributed by atoms with E-state index < -0.39 is 15.8 Å². The molecular weight excluding hydrogens is 369 g/mol. The molecule has 3 aromatic rings. The zero-order valence-corrected chi connectivity index (χ0v) is 14.9. The molecule has 0 fully saturated rings. The van der Waals surface area contributed by atoms with Gasteiger partial charge in [0.25, 0.3) is 10.0 Å². The Bertz CT molecular complexity index is 1110. The SMILES string of the molecule is C#CCCC(=O)c1ccc(S(=O)(=O)n2cnc(-c3ccc(F)cc3)n2)cc1. The van der Waals surface area contributed by atoms with E-state index in [0.717, 1.165) is 10.4 Å². The molecule has 0 aliphatic carbocycles. The summed E-state index contributed by atoms with van der Waals surface area (Å²) in [6.07, 6.45) is 6.73. The molecular formula is C19H14FN3O3S. The number of nitrogens with zero attached hydrogens (tertiary/aromatic N) is 3. The van der Waals surface area contributed by atoms with E-state index in [1.54, 1.807) is 0 Å². The smallest absolute Gasteiger partial charge is 0.284 e. The van der Waals surface area contributed by atoms with Gasteiger partial charge >= 0.3 is 0 Å². The molecule has 0 radical (unpaired) electrons. The minimum absolute atomic E-state index is 0.0356. The zero-order valence-electron chi connectivity index (χ0n) is 14.0. The van der Waals surface area contributed by atoms with Gasteiger partial charge < -0.3 is 0 Å². The van der Waals surface area contributed by atoms with Gasteiger partial charge in [-0.15, -0.1) is 21.5 Å². The number of benzene rings is 2. The van der Waals surface area contributed by atoms with Gasteiger partial charge in [-0.3, -0.25) is 4.79 Å². The Balaban J connectivity index is 1.85. The summed E-state index contributed by atoms with van der Waals surface area (Å²) in [7, 11) is -3.97. The number of carbonyl (C=O) groups excluding carboxylic acids is 1. The highest BCUT2D eigenvalue weighted by atomic mass is 32.2. The molecule has 8 heteroatoms. The number of terminal acetylenes is 1. The van der Waals surface area contributed by atoms with Gasteiger partial charge in [0.2, 0.25) is 0 Å². The lowest BCUT2D eigenvalue weighted by molar-refractivity contribution is 0.0984. The third-order valence-electron chi connectivity index (χ3n) is 3.79. The number of hydrogen-bond acceptors (Lipinski definition) is 5. The fourth-order valence-corrected chi connectivity index (χ4v) is 3.40. The minimum Gasteiger partial charge on any atom is -0.294 e. The molecule has 0 aliphatic rings. The highest BCUT2D eigenvalue weighted by Gasteiger charge is 2.20. The van der Waals surface area contributed by atoms with Gasteiger partial charge in [0, 0.05) is 24.0 Å². The fraction of sp³-hybridized carbons (Fsp3) is 0.105. The van der Waals surface area contributed by atoms with E-state index in [2.05, 4.69) is 16.0 Å². The standard InChI is InChI=1S/C19H14FN3O3S/c1-2-3-4-18(24)14-7-11-17(12-8-14)27(25,26)23-13-21-19(22-23)15-5-9-16(20)10-6-15/h1,5-13H,3-4H2. The molecule has 136 valence electrons. The highest BCUT2D eigenvalue weighted by molar-refractivity contribution is 7.89. The van der Waals surface area contributed by atoms with Crippen LogP contribution in [0.4, 0.5) is 4.39 Å². The summed E-state index contributed by atoms with van der Waals surface area (Å²) < 4.78 is 39.1. The van der Waals surface area contributed by atoms with Crippen molar-refractivity contribution < 1.29 is 17.6 Å². The molecule has 0 spiro atoms. The van der Waals surface area contributed by atoms with Crippen LogP contribution in [0.1, 0.15) is 23.2 Å². The third kappa shape index (κ3) is 3.93. The lowest BCUT2D eigenvalue weighted by atomic mass is 10.1. The van der Waals surface area contributed by atoms with Crippen molar-refractivity contribution in [3.05, 3.63) is 66.2 Å². The van der Waals surface area contributed by atoms with Gasteiger partial charge in [0.15, 0.2) is 11.6 Å². The Morgan fingerprint density at radius 1 is 1.11 bits per heavy atom. The van der Waals surface area contributed by atoms with E-state index in [9.17, 15) is 17.6 Å². The molecule has 0 aliphatic heterocycles. The van der Waals surface area contributed by atoms with Gasteiger partial charge in [-0.1, -0.05) is 12.1 Å². The molecule has 0 N–H and O–H groups in total. The molecule has 6 nitrogen and oxygen atoms in total. The first-order valence-corrected chi connectivity index (χ1v) is 9.36. The lowest BCUT2D eigenvalue weighted by Gasteiger charge is -2.05. The normalized spacial score (nSPS) is 11.1. The van der Waals surface area contributed by atoms with Crippen LogP contribution in [0.5, 0.6) is 0 Å². The first-order valence-electron chi connectivity index (χ1n) is 7.92. The summed E-state index contributed by atoms with van der Waals surface area (Å²) in [5.41, 5.74) is 0.870. The van der Waals surface area contributed by atoms with Crippen molar-refractivity contribution >= 4 is 15.8 Å². The molecule has 27 heavy (non-hydrogen) atoms. The first kappa shape index (κ1) is 18.5. The molecule has 0 unspecified atom stereocenters. The van der Waals surface area contributed by atoms with E-state index in [1.807, 2.05) is 0 Å². The van der Waals surface area contributed by atoms with Gasteiger partial charge in [-0.05, 0) is 36.4 Å². The molecule has 0 bridgehead atoms. The Hall–Kier alpha value is -3.31. The van der Waals surface area contributed by atoms with Gasteiger partial charge in [0.05, 0.1) is 4.90 Å². The van der Waals surface area contributed by atoms with E-state index in [-0.39, 0.29) is 22.9 Å². The summed E-state index contributed by atoms with van der Waals surface area (Å²) in [5, 5.41) is 3.96. The maximum Gasteiger partial charge on any atom is 0.284 e. The molecule has 0 saturated carbocycles. The van der Waals surface area contributed by atoms with Crippen LogP contribution in [0.2, 0.25) is 0 Å². The maximum atomic E-state index is 13.0. The first-order chi connectivity index (χ1) is 12.9. The zero-order chi connectivity index (χ0) is 19.4. The van der Waals surface area contributed by atoms with E-state index in [1.165, 1.54) is 48.5 Å². The van der Waals surface area contributed by atoms with Gasteiger partial charge in [-0.25, -0.2) is 9.37 Å². The average Bonchev–Trinajstić information content (AvgIpc) is 3.18. The fourth-order valence-electron chi connectivity index (χ4n) is 2.35. The summed E-state index contributed by atoms with van der Waals surface area (Å²) in [6.45, 7) is 0. The predicted octanol–water partition coefficient (Wildman–Crippen LogP) is 2.92. The Morgan fingerprint density at radius 3 is 2.41 bits per heavy atom. The van der Waals surface area contributed by atoms with Crippen LogP contribution in [0, 0.1) is 18.2 Å². The number of Topliss-reactive ketones (excluding diaryl/α,β-unsaturated/α-hetero) is 1. The lowest BCUT2D eigenvalue weighted by Crippen LogP contribution is -2.14. The van der Waals surface area contributed by atoms with E-state index >= 15 is 0 Å². The van der Waals surface area contributed by atoms with Crippen molar-refractivity contribution in [3.63, 3.8) is 0 Å². The van der Waals surface area contributed by atoms with Crippen LogP contribution >= 0.6 is 0 Å². The van der Waals surface area contributed by atoms with Crippen LogP contribution in [0.3, 0.4) is 0 Å². The topological polar surface area (TPSA) is 81.9 Å². The molecule has 0 saturated heterocycles. The predicted molar refractivity (Wildman–Crippen MR) is 96.8 cm³/mol. The van der Waals surface area contributed by atoms with E-state index in [4.69, 9.17) is 6.42 Å². The molecule has 0 amide bonds. The van der Waals surface area contributed by atoms with Crippen molar-refractivity contribution in [2.24, 2.45) is 0 Å². The molecule has 1 heterocycles. The van der Waals surface area contributed by atoms with Crippen molar-refractivity contribution in [1.29, 1.82) is 0 Å². The monoisotopic (exact) mass is 383 g/mol. The number of hydrogen-bond donors (Lipinski definition) is 0. The van der Waals surface area contributed by atoms with Gasteiger partial charge in [-0.2, -0.15) is 8.42 Å². The maximum absolute atomic E-state index is 13.0. The van der Waals surface area contributed by atoms with Gasteiger partial charge in [0.1, 0.15) is 12.1 Å². The number of ketones is 1. The third-order valence-corrected chi connectivity index (χ3v) is 5.33. The highest BCUT2D eigenvalue weighted by Crippen LogP contribution is 2.18. The minimum atomic E-state index is -3.97. The second-order valence-corrected chi connectivity index (χ2v) is 7.40. The summed E-state index contributed by atoms with van der Waals surface area (Å²) in [4.78, 5) is 15.8. The van der Waals surface area contributed by atoms with Crippen LogP contribution in [0.15, 0.2) is 59.8 Å². The largest absolute Gasteiger partial charge is 0.294 e. The number of halogens is 1. The van der Waals surface area contributed by atoms with E-state index in [0.29, 0.717) is 17.5 Å². The van der Waals surface area contributed by atoms with Crippen molar-refractivity contribution in [2.45, 2.75) is 17.7 Å². The quantitative estimate of drug-likeness (QED) is 0.483.